The summed E-state index contributed by atoms with van der Waals surface area (Å²) in [6, 6.07) is 7.34. The maximum Gasteiger partial charge on any atom is 0.254 e. The summed E-state index contributed by atoms with van der Waals surface area (Å²) in [6.07, 6.45) is 3.15. The van der Waals surface area contributed by atoms with E-state index in [9.17, 15) is 14.0 Å². The molecule has 0 aliphatic carbocycles. The third-order valence-corrected chi connectivity index (χ3v) is 3.20. The standard InChI is InChI=1S/C16H18FN3O2/c1-2-3-8-18-15(21)10-20-11-19-14(9-16(20)22)12-6-4-5-7-13(12)17/h4-7,9,11H,2-3,8,10H2,1H3,(H,18,21). The van der Waals surface area contributed by atoms with Gasteiger partial charge in [0.15, 0.2) is 0 Å². The zero-order chi connectivity index (χ0) is 15.9. The highest BCUT2D eigenvalue weighted by atomic mass is 19.1. The van der Waals surface area contributed by atoms with Gasteiger partial charge in [-0.05, 0) is 18.6 Å². The molecule has 5 nitrogen and oxygen atoms in total. The summed E-state index contributed by atoms with van der Waals surface area (Å²) in [5, 5.41) is 2.73. The van der Waals surface area contributed by atoms with Crippen LogP contribution in [0.15, 0.2) is 41.5 Å². The van der Waals surface area contributed by atoms with Crippen LogP contribution in [-0.4, -0.2) is 22.0 Å². The van der Waals surface area contributed by atoms with E-state index in [0.29, 0.717) is 6.54 Å². The number of nitrogens with zero attached hydrogens (tertiary/aromatic N) is 2. The van der Waals surface area contributed by atoms with Gasteiger partial charge in [-0.15, -0.1) is 0 Å². The highest BCUT2D eigenvalue weighted by molar-refractivity contribution is 5.75. The molecule has 0 aliphatic heterocycles. The second-order valence-corrected chi connectivity index (χ2v) is 4.92. The van der Waals surface area contributed by atoms with Crippen molar-refractivity contribution in [2.24, 2.45) is 0 Å². The first-order valence-electron chi connectivity index (χ1n) is 7.20. The molecule has 2 rings (SSSR count). The number of halogens is 1. The molecular formula is C16H18FN3O2. The van der Waals surface area contributed by atoms with E-state index in [1.807, 2.05) is 6.92 Å². The topological polar surface area (TPSA) is 64.0 Å². The largest absolute Gasteiger partial charge is 0.355 e. The Bertz CT molecular complexity index is 713. The molecule has 1 aromatic heterocycles. The molecule has 0 fully saturated rings. The second kappa shape index (κ2) is 7.49. The van der Waals surface area contributed by atoms with Crippen LogP contribution in [0.4, 0.5) is 4.39 Å². The number of amides is 1. The van der Waals surface area contributed by atoms with Crippen molar-refractivity contribution in [1.82, 2.24) is 14.9 Å². The third-order valence-electron chi connectivity index (χ3n) is 3.20. The Balaban J connectivity index is 2.12. The molecule has 6 heteroatoms. The predicted molar refractivity (Wildman–Crippen MR) is 81.8 cm³/mol. The Morgan fingerprint density at radius 2 is 2.14 bits per heavy atom. The van der Waals surface area contributed by atoms with Crippen molar-refractivity contribution in [3.8, 4) is 11.3 Å². The smallest absolute Gasteiger partial charge is 0.254 e. The number of hydrogen-bond donors (Lipinski definition) is 1. The molecule has 0 saturated carbocycles. The number of aromatic nitrogens is 2. The van der Waals surface area contributed by atoms with E-state index in [1.54, 1.807) is 18.2 Å². The normalized spacial score (nSPS) is 10.5. The lowest BCUT2D eigenvalue weighted by molar-refractivity contribution is -0.121. The molecule has 1 aromatic carbocycles. The van der Waals surface area contributed by atoms with Gasteiger partial charge in [0.2, 0.25) is 5.91 Å². The van der Waals surface area contributed by atoms with E-state index >= 15 is 0 Å². The second-order valence-electron chi connectivity index (χ2n) is 4.92. The van der Waals surface area contributed by atoms with E-state index in [4.69, 9.17) is 0 Å². The lowest BCUT2D eigenvalue weighted by Crippen LogP contribution is -2.32. The van der Waals surface area contributed by atoms with Crippen molar-refractivity contribution < 1.29 is 9.18 Å². The third kappa shape index (κ3) is 4.00. The van der Waals surface area contributed by atoms with Crippen LogP contribution in [0.5, 0.6) is 0 Å². The van der Waals surface area contributed by atoms with Crippen LogP contribution >= 0.6 is 0 Å². The SMILES string of the molecule is CCCCNC(=O)Cn1cnc(-c2ccccc2F)cc1=O. The maximum atomic E-state index is 13.7. The van der Waals surface area contributed by atoms with Crippen LogP contribution in [-0.2, 0) is 11.3 Å². The molecule has 0 atom stereocenters. The van der Waals surface area contributed by atoms with Crippen LogP contribution < -0.4 is 10.9 Å². The van der Waals surface area contributed by atoms with Gasteiger partial charge in [0, 0.05) is 18.2 Å². The van der Waals surface area contributed by atoms with Gasteiger partial charge in [0.1, 0.15) is 12.4 Å². The van der Waals surface area contributed by atoms with E-state index < -0.39 is 5.82 Å². The summed E-state index contributed by atoms with van der Waals surface area (Å²) < 4.78 is 14.9. The zero-order valence-corrected chi connectivity index (χ0v) is 12.4. The molecule has 1 N–H and O–H groups in total. The lowest BCUT2D eigenvalue weighted by atomic mass is 10.1. The number of carbonyl (C=O) groups excluding carboxylic acids is 1. The minimum atomic E-state index is -0.440. The molecule has 0 saturated heterocycles. The van der Waals surface area contributed by atoms with Gasteiger partial charge in [-0.3, -0.25) is 14.2 Å². The Morgan fingerprint density at radius 3 is 2.82 bits per heavy atom. The minimum absolute atomic E-state index is 0.0902. The number of unbranched alkanes of at least 4 members (excludes halogenated alkanes) is 1. The first kappa shape index (κ1) is 15.9. The van der Waals surface area contributed by atoms with Crippen LogP contribution in [0.2, 0.25) is 0 Å². The van der Waals surface area contributed by atoms with Gasteiger partial charge >= 0.3 is 0 Å². The molecule has 0 unspecified atom stereocenters. The van der Waals surface area contributed by atoms with Crippen LogP contribution in [0.1, 0.15) is 19.8 Å². The van der Waals surface area contributed by atoms with Gasteiger partial charge in [-0.2, -0.15) is 0 Å². The molecule has 0 spiro atoms. The fourth-order valence-corrected chi connectivity index (χ4v) is 1.98. The Labute approximate surface area is 127 Å². The van der Waals surface area contributed by atoms with Crippen molar-refractivity contribution in [2.75, 3.05) is 6.54 Å². The molecule has 1 amide bonds. The summed E-state index contributed by atoms with van der Waals surface area (Å²) in [4.78, 5) is 27.8. The van der Waals surface area contributed by atoms with Crippen LogP contribution in [0.3, 0.4) is 0 Å². The molecular weight excluding hydrogens is 285 g/mol. The van der Waals surface area contributed by atoms with Crippen molar-refractivity contribution in [3.63, 3.8) is 0 Å². The summed E-state index contributed by atoms with van der Waals surface area (Å²) in [6.45, 7) is 2.53. The molecule has 2 aromatic rings. The van der Waals surface area contributed by atoms with Crippen molar-refractivity contribution in [2.45, 2.75) is 26.3 Å². The van der Waals surface area contributed by atoms with Gasteiger partial charge in [0.25, 0.3) is 5.56 Å². The lowest BCUT2D eigenvalue weighted by Gasteiger charge is -2.08. The monoisotopic (exact) mass is 303 g/mol. The molecule has 1 heterocycles. The number of benzene rings is 1. The maximum absolute atomic E-state index is 13.7. The van der Waals surface area contributed by atoms with Crippen LogP contribution in [0.25, 0.3) is 11.3 Å². The highest BCUT2D eigenvalue weighted by Crippen LogP contribution is 2.18. The number of nitrogens with one attached hydrogen (secondary N) is 1. The van der Waals surface area contributed by atoms with Crippen molar-refractivity contribution in [1.29, 1.82) is 0 Å². The Kier molecular flexibility index (Phi) is 5.41. The first-order valence-corrected chi connectivity index (χ1v) is 7.20. The summed E-state index contributed by atoms with van der Waals surface area (Å²) in [5.41, 5.74) is 0.129. The predicted octanol–water partition coefficient (Wildman–Crippen LogP) is 1.97. The van der Waals surface area contributed by atoms with Crippen molar-refractivity contribution in [3.05, 3.63) is 52.8 Å². The van der Waals surface area contributed by atoms with E-state index in [0.717, 1.165) is 12.8 Å². The van der Waals surface area contributed by atoms with Crippen molar-refractivity contribution >= 4 is 5.91 Å². The average Bonchev–Trinajstić information content (AvgIpc) is 2.50. The van der Waals surface area contributed by atoms with E-state index in [-0.39, 0.29) is 29.3 Å². The Hall–Kier alpha value is -2.50. The fourth-order valence-electron chi connectivity index (χ4n) is 1.98. The molecule has 0 aliphatic rings. The van der Waals surface area contributed by atoms with Gasteiger partial charge in [-0.25, -0.2) is 9.37 Å². The minimum Gasteiger partial charge on any atom is -0.355 e. The van der Waals surface area contributed by atoms with E-state index in [1.165, 1.54) is 23.0 Å². The number of rotatable bonds is 6. The number of hydrogen-bond acceptors (Lipinski definition) is 3. The van der Waals surface area contributed by atoms with E-state index in [2.05, 4.69) is 10.3 Å². The molecule has 0 radical (unpaired) electrons. The fraction of sp³-hybridized carbons (Fsp3) is 0.312. The summed E-state index contributed by atoms with van der Waals surface area (Å²) in [7, 11) is 0. The first-order chi connectivity index (χ1) is 10.6. The van der Waals surface area contributed by atoms with Gasteiger partial charge in [0.05, 0.1) is 12.0 Å². The summed E-state index contributed by atoms with van der Waals surface area (Å²) >= 11 is 0. The molecule has 22 heavy (non-hydrogen) atoms. The average molecular weight is 303 g/mol. The van der Waals surface area contributed by atoms with Crippen LogP contribution in [0, 0.1) is 5.82 Å². The van der Waals surface area contributed by atoms with Gasteiger partial charge < -0.3 is 5.32 Å². The molecule has 0 bridgehead atoms. The highest BCUT2D eigenvalue weighted by Gasteiger charge is 2.09. The van der Waals surface area contributed by atoms with Gasteiger partial charge in [-0.1, -0.05) is 25.5 Å². The number of carbonyl (C=O) groups is 1. The Morgan fingerprint density at radius 1 is 1.36 bits per heavy atom. The quantitative estimate of drug-likeness (QED) is 0.830. The zero-order valence-electron chi connectivity index (χ0n) is 12.4. The molecule has 116 valence electrons. The summed E-state index contributed by atoms with van der Waals surface area (Å²) in [5.74, 6) is -0.680.